The van der Waals surface area contributed by atoms with Gasteiger partial charge in [0.1, 0.15) is 12.7 Å². The van der Waals surface area contributed by atoms with Crippen molar-refractivity contribution in [1.29, 1.82) is 0 Å². The second kappa shape index (κ2) is 5.09. The van der Waals surface area contributed by atoms with E-state index in [2.05, 4.69) is 29.2 Å². The van der Waals surface area contributed by atoms with Crippen LogP contribution in [-0.2, 0) is 0 Å². The van der Waals surface area contributed by atoms with E-state index in [1.54, 1.807) is 11.0 Å². The molecule has 5 heteroatoms. The van der Waals surface area contributed by atoms with Gasteiger partial charge in [0.25, 0.3) is 0 Å². The van der Waals surface area contributed by atoms with Crippen LogP contribution in [0.4, 0.5) is 5.69 Å². The normalized spacial score (nSPS) is 21.1. The van der Waals surface area contributed by atoms with Crippen LogP contribution in [0.15, 0.2) is 30.9 Å². The number of aromatic nitrogens is 3. The summed E-state index contributed by atoms with van der Waals surface area (Å²) < 4.78 is 1.76. The highest BCUT2D eigenvalue weighted by molar-refractivity contribution is 6.31. The van der Waals surface area contributed by atoms with Gasteiger partial charge in [0.15, 0.2) is 0 Å². The van der Waals surface area contributed by atoms with Crippen molar-refractivity contribution < 1.29 is 0 Å². The highest BCUT2D eigenvalue weighted by atomic mass is 35.5. The average Bonchev–Trinajstić information content (AvgIpc) is 3.01. The Labute approximate surface area is 124 Å². The molecular formula is C15H19ClN4. The van der Waals surface area contributed by atoms with Crippen molar-refractivity contribution in [2.24, 2.45) is 5.41 Å². The molecule has 0 bridgehead atoms. The van der Waals surface area contributed by atoms with Crippen LogP contribution in [0.5, 0.6) is 0 Å². The summed E-state index contributed by atoms with van der Waals surface area (Å²) in [5, 5.41) is 8.59. The predicted molar refractivity (Wildman–Crippen MR) is 81.4 cm³/mol. The number of benzene rings is 1. The fraction of sp³-hybridized carbons (Fsp3) is 0.467. The molecule has 3 rings (SSSR count). The summed E-state index contributed by atoms with van der Waals surface area (Å²) in [4.78, 5) is 4.01. The number of nitrogens with zero attached hydrogens (tertiary/aromatic N) is 3. The Morgan fingerprint density at radius 3 is 2.90 bits per heavy atom. The van der Waals surface area contributed by atoms with Gasteiger partial charge >= 0.3 is 0 Å². The van der Waals surface area contributed by atoms with Gasteiger partial charge in [-0.05, 0) is 36.5 Å². The van der Waals surface area contributed by atoms with Crippen molar-refractivity contribution in [3.63, 3.8) is 0 Å². The van der Waals surface area contributed by atoms with Crippen LogP contribution in [0.3, 0.4) is 0 Å². The SMILES string of the molecule is CC1(C)CCCC1Nc1cc(Cl)ccc1-n1cncn1. The van der Waals surface area contributed by atoms with Crippen LogP contribution in [0.2, 0.25) is 5.02 Å². The molecule has 1 atom stereocenters. The largest absolute Gasteiger partial charge is 0.380 e. The number of rotatable bonds is 3. The highest BCUT2D eigenvalue weighted by Crippen LogP contribution is 2.40. The second-order valence-electron chi connectivity index (χ2n) is 6.08. The quantitative estimate of drug-likeness (QED) is 0.932. The molecule has 1 aromatic carbocycles. The molecule has 106 valence electrons. The maximum absolute atomic E-state index is 6.15. The lowest BCUT2D eigenvalue weighted by Gasteiger charge is -2.29. The van der Waals surface area contributed by atoms with E-state index in [0.717, 1.165) is 16.4 Å². The fourth-order valence-corrected chi connectivity index (χ4v) is 3.11. The lowest BCUT2D eigenvalue weighted by Crippen LogP contribution is -2.31. The first-order chi connectivity index (χ1) is 9.56. The van der Waals surface area contributed by atoms with Gasteiger partial charge in [-0.3, -0.25) is 0 Å². The van der Waals surface area contributed by atoms with Gasteiger partial charge in [-0.2, -0.15) is 5.10 Å². The number of hydrogen-bond acceptors (Lipinski definition) is 3. The molecule has 1 fully saturated rings. The monoisotopic (exact) mass is 290 g/mol. The lowest BCUT2D eigenvalue weighted by molar-refractivity contribution is 0.350. The summed E-state index contributed by atoms with van der Waals surface area (Å²) in [6.45, 7) is 4.63. The van der Waals surface area contributed by atoms with Crippen molar-refractivity contribution in [1.82, 2.24) is 14.8 Å². The maximum atomic E-state index is 6.15. The van der Waals surface area contributed by atoms with Crippen molar-refractivity contribution >= 4 is 17.3 Å². The van der Waals surface area contributed by atoms with Crippen molar-refractivity contribution in [3.8, 4) is 5.69 Å². The van der Waals surface area contributed by atoms with Gasteiger partial charge in [-0.1, -0.05) is 31.9 Å². The Kier molecular flexibility index (Phi) is 3.42. The molecule has 1 N–H and O–H groups in total. The van der Waals surface area contributed by atoms with E-state index in [4.69, 9.17) is 11.6 Å². The average molecular weight is 291 g/mol. The second-order valence-corrected chi connectivity index (χ2v) is 6.52. The zero-order valence-electron chi connectivity index (χ0n) is 11.8. The fourth-order valence-electron chi connectivity index (χ4n) is 2.94. The number of nitrogens with one attached hydrogen (secondary N) is 1. The number of hydrogen-bond donors (Lipinski definition) is 1. The third-order valence-corrected chi connectivity index (χ3v) is 4.45. The molecule has 20 heavy (non-hydrogen) atoms. The van der Waals surface area contributed by atoms with Gasteiger partial charge in [0.05, 0.1) is 11.4 Å². The van der Waals surface area contributed by atoms with Crippen LogP contribution in [0.1, 0.15) is 33.1 Å². The Hall–Kier alpha value is -1.55. The minimum atomic E-state index is 0.307. The van der Waals surface area contributed by atoms with Crippen LogP contribution < -0.4 is 5.32 Å². The van der Waals surface area contributed by atoms with E-state index in [1.807, 2.05) is 18.2 Å². The Morgan fingerprint density at radius 2 is 2.25 bits per heavy atom. The molecular weight excluding hydrogens is 272 g/mol. The topological polar surface area (TPSA) is 42.7 Å². The standard InChI is InChI=1S/C15H19ClN4/c1-15(2)7-3-4-14(15)19-12-8-11(16)5-6-13(12)20-10-17-9-18-20/h5-6,8-10,14,19H,3-4,7H2,1-2H3. The summed E-state index contributed by atoms with van der Waals surface area (Å²) in [5.41, 5.74) is 2.31. The van der Waals surface area contributed by atoms with Crippen molar-refractivity contribution in [2.45, 2.75) is 39.2 Å². The first kappa shape index (κ1) is 13.4. The van der Waals surface area contributed by atoms with Crippen LogP contribution in [-0.4, -0.2) is 20.8 Å². The first-order valence-corrected chi connectivity index (χ1v) is 7.35. The molecule has 0 saturated heterocycles. The van der Waals surface area contributed by atoms with Gasteiger partial charge in [0, 0.05) is 11.1 Å². The van der Waals surface area contributed by atoms with E-state index < -0.39 is 0 Å². The zero-order valence-corrected chi connectivity index (χ0v) is 12.6. The number of halogens is 1. The molecule has 1 aliphatic rings. The smallest absolute Gasteiger partial charge is 0.138 e. The summed E-state index contributed by atoms with van der Waals surface area (Å²) in [5.74, 6) is 0. The molecule has 1 unspecified atom stereocenters. The van der Waals surface area contributed by atoms with E-state index in [9.17, 15) is 0 Å². The van der Waals surface area contributed by atoms with E-state index in [-0.39, 0.29) is 0 Å². The first-order valence-electron chi connectivity index (χ1n) is 6.97. The zero-order chi connectivity index (χ0) is 14.2. The summed E-state index contributed by atoms with van der Waals surface area (Å²) in [6.07, 6.45) is 6.95. The van der Waals surface area contributed by atoms with E-state index >= 15 is 0 Å². The summed E-state index contributed by atoms with van der Waals surface area (Å²) >= 11 is 6.15. The van der Waals surface area contributed by atoms with Crippen LogP contribution in [0, 0.1) is 5.41 Å². The van der Waals surface area contributed by atoms with Crippen molar-refractivity contribution in [3.05, 3.63) is 35.9 Å². The lowest BCUT2D eigenvalue weighted by atomic mass is 9.87. The third kappa shape index (κ3) is 2.52. The number of anilines is 1. The maximum Gasteiger partial charge on any atom is 0.138 e. The summed E-state index contributed by atoms with van der Waals surface area (Å²) in [7, 11) is 0. The molecule has 4 nitrogen and oxygen atoms in total. The Morgan fingerprint density at radius 1 is 1.40 bits per heavy atom. The molecule has 0 amide bonds. The highest BCUT2D eigenvalue weighted by Gasteiger charge is 2.34. The minimum Gasteiger partial charge on any atom is -0.380 e. The molecule has 0 spiro atoms. The van der Waals surface area contributed by atoms with E-state index in [1.165, 1.54) is 25.6 Å². The molecule has 0 radical (unpaired) electrons. The van der Waals surface area contributed by atoms with Crippen molar-refractivity contribution in [2.75, 3.05) is 5.32 Å². The molecule has 1 aromatic heterocycles. The third-order valence-electron chi connectivity index (χ3n) is 4.21. The summed E-state index contributed by atoms with van der Waals surface area (Å²) in [6, 6.07) is 6.28. The minimum absolute atomic E-state index is 0.307. The van der Waals surface area contributed by atoms with Gasteiger partial charge in [-0.25, -0.2) is 9.67 Å². The Bertz CT molecular complexity index is 592. The molecule has 1 heterocycles. The molecule has 1 saturated carbocycles. The predicted octanol–water partition coefficient (Wildman–Crippen LogP) is 3.91. The van der Waals surface area contributed by atoms with Crippen LogP contribution >= 0.6 is 11.6 Å². The molecule has 0 aliphatic heterocycles. The van der Waals surface area contributed by atoms with Crippen LogP contribution in [0.25, 0.3) is 5.69 Å². The Balaban J connectivity index is 1.94. The molecule has 1 aliphatic carbocycles. The molecule has 2 aromatic rings. The van der Waals surface area contributed by atoms with Gasteiger partial charge < -0.3 is 5.32 Å². The van der Waals surface area contributed by atoms with Gasteiger partial charge in [-0.15, -0.1) is 0 Å². The van der Waals surface area contributed by atoms with E-state index in [0.29, 0.717) is 11.5 Å². The van der Waals surface area contributed by atoms with Gasteiger partial charge in [0.2, 0.25) is 0 Å².